The van der Waals surface area contributed by atoms with E-state index in [0.29, 0.717) is 34.0 Å². The van der Waals surface area contributed by atoms with Gasteiger partial charge in [0, 0.05) is 17.3 Å². The molecule has 3 aromatic rings. The third-order valence-electron chi connectivity index (χ3n) is 6.30. The fourth-order valence-corrected chi connectivity index (χ4v) is 4.44. The molecule has 0 saturated carbocycles. The van der Waals surface area contributed by atoms with Crippen molar-refractivity contribution in [3.05, 3.63) is 76.0 Å². The van der Waals surface area contributed by atoms with Crippen molar-refractivity contribution in [2.45, 2.75) is 45.7 Å². The average Bonchev–Trinajstić information content (AvgIpc) is 3.45. The second kappa shape index (κ2) is 12.6. The molecule has 0 radical (unpaired) electrons. The molecule has 2 N–H and O–H groups in total. The van der Waals surface area contributed by atoms with Gasteiger partial charge in [0.25, 0.3) is 5.91 Å². The average molecular weight is 538 g/mol. The Kier molecular flexibility index (Phi) is 9.52. The van der Waals surface area contributed by atoms with Gasteiger partial charge >= 0.3 is 0 Å². The van der Waals surface area contributed by atoms with Crippen LogP contribution in [0.2, 0.25) is 0 Å². The number of carbonyl (C=O) groups excluding carboxylic acids is 3. The van der Waals surface area contributed by atoms with Crippen molar-refractivity contribution in [3.8, 4) is 11.5 Å². The van der Waals surface area contributed by atoms with Crippen LogP contribution in [0.15, 0.2) is 60.0 Å². The Labute approximate surface area is 228 Å². The summed E-state index contributed by atoms with van der Waals surface area (Å²) < 4.78 is 10.9. The monoisotopic (exact) mass is 537 g/mol. The topological polar surface area (TPSA) is 97.0 Å². The third-order valence-corrected chi connectivity index (χ3v) is 7.17. The van der Waals surface area contributed by atoms with Crippen LogP contribution in [0, 0.1) is 6.92 Å². The molecule has 3 amide bonds. The minimum atomic E-state index is -1.01. The summed E-state index contributed by atoms with van der Waals surface area (Å²) in [4.78, 5) is 42.2. The van der Waals surface area contributed by atoms with Crippen LogP contribution < -0.4 is 25.0 Å². The molecule has 8 nitrogen and oxygen atoms in total. The maximum atomic E-state index is 13.9. The zero-order valence-corrected chi connectivity index (χ0v) is 23.5. The molecule has 0 saturated heterocycles. The van der Waals surface area contributed by atoms with Gasteiger partial charge in [0.2, 0.25) is 11.8 Å². The number of aryl methyl sites for hydroxylation is 1. The summed E-state index contributed by atoms with van der Waals surface area (Å²) in [5, 5.41) is 7.57. The van der Waals surface area contributed by atoms with E-state index in [1.165, 1.54) is 30.5 Å². The van der Waals surface area contributed by atoms with E-state index < -0.39 is 17.5 Å². The highest BCUT2D eigenvalue weighted by Crippen LogP contribution is 2.36. The van der Waals surface area contributed by atoms with E-state index in [-0.39, 0.29) is 18.4 Å². The first-order valence-electron chi connectivity index (χ1n) is 12.3. The molecule has 1 atom stereocenters. The predicted octanol–water partition coefficient (Wildman–Crippen LogP) is 4.88. The van der Waals surface area contributed by atoms with Gasteiger partial charge < -0.3 is 20.1 Å². The molecule has 1 heterocycles. The Hall–Kier alpha value is -3.85. The number of hydrogen-bond acceptors (Lipinski definition) is 6. The number of nitrogens with one attached hydrogen (secondary N) is 2. The fraction of sp³-hybridized carbons (Fsp3) is 0.345. The predicted molar refractivity (Wildman–Crippen MR) is 150 cm³/mol. The van der Waals surface area contributed by atoms with Crippen molar-refractivity contribution in [3.63, 3.8) is 0 Å². The van der Waals surface area contributed by atoms with E-state index in [0.717, 1.165) is 5.56 Å². The lowest BCUT2D eigenvalue weighted by molar-refractivity contribution is -0.127. The van der Waals surface area contributed by atoms with Crippen LogP contribution in [0.5, 0.6) is 11.5 Å². The smallest absolute Gasteiger partial charge is 0.261 e. The van der Waals surface area contributed by atoms with E-state index >= 15 is 0 Å². The fourth-order valence-electron chi connectivity index (χ4n) is 3.80. The minimum absolute atomic E-state index is 0.308. The van der Waals surface area contributed by atoms with E-state index in [2.05, 4.69) is 10.6 Å². The van der Waals surface area contributed by atoms with Crippen LogP contribution in [0.1, 0.15) is 54.0 Å². The van der Waals surface area contributed by atoms with Crippen LogP contribution in [0.4, 0.5) is 5.69 Å². The summed E-state index contributed by atoms with van der Waals surface area (Å²) in [5.41, 5.74) is 1.58. The highest BCUT2D eigenvalue weighted by Gasteiger charge is 2.35. The molecule has 1 aromatic heterocycles. The van der Waals surface area contributed by atoms with Gasteiger partial charge in [-0.25, -0.2) is 0 Å². The van der Waals surface area contributed by atoms with Gasteiger partial charge in [0.15, 0.2) is 11.5 Å². The number of rotatable bonds is 11. The number of amides is 3. The number of hydrogen-bond donors (Lipinski definition) is 2. The molecule has 0 aliphatic heterocycles. The van der Waals surface area contributed by atoms with Gasteiger partial charge in [0.1, 0.15) is 6.04 Å². The van der Waals surface area contributed by atoms with Crippen molar-refractivity contribution in [1.29, 1.82) is 0 Å². The Balaban J connectivity index is 2.10. The van der Waals surface area contributed by atoms with Crippen molar-refractivity contribution in [2.24, 2.45) is 0 Å². The van der Waals surface area contributed by atoms with E-state index in [1.54, 1.807) is 35.7 Å². The van der Waals surface area contributed by atoms with E-state index in [1.807, 2.05) is 52.0 Å². The lowest BCUT2D eigenvalue weighted by atomic mass is 9.97. The molecule has 0 aliphatic carbocycles. The second-order valence-corrected chi connectivity index (χ2v) is 10.5. The normalized spacial score (nSPS) is 11.8. The Morgan fingerprint density at radius 3 is 2.26 bits per heavy atom. The number of carbonyl (C=O) groups is 3. The van der Waals surface area contributed by atoms with E-state index in [4.69, 9.17) is 9.47 Å². The lowest BCUT2D eigenvalue weighted by Crippen LogP contribution is -2.52. The molecule has 2 aromatic carbocycles. The molecule has 0 spiro atoms. The molecule has 0 fully saturated rings. The van der Waals surface area contributed by atoms with Crippen LogP contribution >= 0.6 is 11.3 Å². The molecule has 202 valence electrons. The van der Waals surface area contributed by atoms with Gasteiger partial charge in [-0.3, -0.25) is 19.3 Å². The van der Waals surface area contributed by atoms with Crippen molar-refractivity contribution in [1.82, 2.24) is 10.6 Å². The van der Waals surface area contributed by atoms with Crippen LogP contribution in [0.3, 0.4) is 0 Å². The standard InChI is InChI=1S/C29H35N3O5S/c1-7-29(3,4)31-28(35)26(20-12-10-19(2)11-13-20)32(21-14-15-22(36-5)23(17-21)37-6)25(33)18-30-27(34)24-9-8-16-38-24/h8-17,26H,7,18H2,1-6H3,(H,30,34)(H,31,35)/t26-/m0/s1. The van der Waals surface area contributed by atoms with Gasteiger partial charge in [-0.2, -0.15) is 0 Å². The summed E-state index contributed by atoms with van der Waals surface area (Å²) in [7, 11) is 3.03. The van der Waals surface area contributed by atoms with Crippen LogP contribution in [0.25, 0.3) is 0 Å². The number of thiophene rings is 1. The molecule has 0 aliphatic rings. The summed E-state index contributed by atoms with van der Waals surface area (Å²) in [6.07, 6.45) is 0.695. The quantitative estimate of drug-likeness (QED) is 0.363. The summed E-state index contributed by atoms with van der Waals surface area (Å²) in [6.45, 7) is 7.49. The zero-order chi connectivity index (χ0) is 27.9. The molecule has 9 heteroatoms. The molecular weight excluding hydrogens is 502 g/mol. The number of methoxy groups -OCH3 is 2. The first kappa shape index (κ1) is 28.7. The molecular formula is C29H35N3O5S. The van der Waals surface area contributed by atoms with Gasteiger partial charge in [-0.05, 0) is 56.3 Å². The third kappa shape index (κ3) is 6.92. The minimum Gasteiger partial charge on any atom is -0.493 e. The Morgan fingerprint density at radius 1 is 1.00 bits per heavy atom. The highest BCUT2D eigenvalue weighted by atomic mass is 32.1. The maximum absolute atomic E-state index is 13.9. The summed E-state index contributed by atoms with van der Waals surface area (Å²) in [5.74, 6) is -0.268. The van der Waals surface area contributed by atoms with E-state index in [9.17, 15) is 14.4 Å². The molecule has 38 heavy (non-hydrogen) atoms. The summed E-state index contributed by atoms with van der Waals surface area (Å²) in [6, 6.07) is 14.9. The number of anilines is 1. The Bertz CT molecular complexity index is 1260. The first-order valence-corrected chi connectivity index (χ1v) is 13.2. The SMILES string of the molecule is CCC(C)(C)NC(=O)[C@H](c1ccc(C)cc1)N(C(=O)CNC(=O)c1cccs1)c1ccc(OC)c(OC)c1. The van der Waals surface area contributed by atoms with Gasteiger partial charge in [-0.1, -0.05) is 42.8 Å². The molecule has 3 rings (SSSR count). The highest BCUT2D eigenvalue weighted by molar-refractivity contribution is 7.12. The van der Waals surface area contributed by atoms with Gasteiger partial charge in [0.05, 0.1) is 25.6 Å². The van der Waals surface area contributed by atoms with Gasteiger partial charge in [-0.15, -0.1) is 11.3 Å². The van der Waals surface area contributed by atoms with Crippen LogP contribution in [-0.4, -0.2) is 44.0 Å². The Morgan fingerprint density at radius 2 is 1.68 bits per heavy atom. The van der Waals surface area contributed by atoms with Crippen LogP contribution in [-0.2, 0) is 9.59 Å². The lowest BCUT2D eigenvalue weighted by Gasteiger charge is -2.35. The number of ether oxygens (including phenoxy) is 2. The number of nitrogens with zero attached hydrogens (tertiary/aromatic N) is 1. The number of benzene rings is 2. The zero-order valence-electron chi connectivity index (χ0n) is 22.7. The first-order chi connectivity index (χ1) is 18.1. The van der Waals surface area contributed by atoms with Crippen molar-refractivity contribution in [2.75, 3.05) is 25.7 Å². The molecule has 0 unspecified atom stereocenters. The van der Waals surface area contributed by atoms with Crippen molar-refractivity contribution < 1.29 is 23.9 Å². The maximum Gasteiger partial charge on any atom is 0.261 e. The second-order valence-electron chi connectivity index (χ2n) is 9.50. The largest absolute Gasteiger partial charge is 0.493 e. The molecule has 0 bridgehead atoms. The summed E-state index contributed by atoms with van der Waals surface area (Å²) >= 11 is 1.28. The van der Waals surface area contributed by atoms with Crippen molar-refractivity contribution >= 4 is 34.7 Å².